The predicted octanol–water partition coefficient (Wildman–Crippen LogP) is 2.18. The number of nitrogens with zero attached hydrogens (tertiary/aromatic N) is 5. The summed E-state index contributed by atoms with van der Waals surface area (Å²) < 4.78 is 5.36. The zero-order chi connectivity index (χ0) is 16.1. The molecule has 1 aromatic carbocycles. The molecule has 0 radical (unpaired) electrons. The first-order valence-electron chi connectivity index (χ1n) is 7.96. The van der Waals surface area contributed by atoms with Crippen molar-refractivity contribution in [3.05, 3.63) is 40.3 Å². The Hall–Kier alpha value is -2.08. The molecular weight excluding hydrogens is 294 g/mol. The van der Waals surface area contributed by atoms with Crippen LogP contribution in [0.5, 0.6) is 0 Å². The van der Waals surface area contributed by atoms with Crippen LogP contribution in [0, 0.1) is 5.92 Å². The molecule has 0 aliphatic carbocycles. The van der Waals surface area contributed by atoms with Gasteiger partial charge in [-0.3, -0.25) is 9.69 Å². The van der Waals surface area contributed by atoms with Crippen molar-refractivity contribution in [1.82, 2.24) is 4.90 Å². The Morgan fingerprint density at radius 3 is 2.70 bits per heavy atom. The fourth-order valence-electron chi connectivity index (χ4n) is 3.10. The maximum atomic E-state index is 12.1. The van der Waals surface area contributed by atoms with Gasteiger partial charge in [-0.2, -0.15) is 0 Å². The quantitative estimate of drug-likeness (QED) is 0.474. The molecule has 3 rings (SSSR count). The van der Waals surface area contributed by atoms with E-state index in [1.165, 1.54) is 5.56 Å². The topological polar surface area (TPSA) is 81.5 Å². The first-order chi connectivity index (χ1) is 11.3. The van der Waals surface area contributed by atoms with E-state index in [1.54, 1.807) is 4.90 Å². The highest BCUT2D eigenvalue weighted by molar-refractivity contribution is 5.95. The molecule has 2 heterocycles. The molecule has 0 N–H and O–H groups in total. The molecule has 0 saturated carbocycles. The molecular formula is C16H21N5O2. The van der Waals surface area contributed by atoms with Gasteiger partial charge in [0.05, 0.1) is 13.2 Å². The van der Waals surface area contributed by atoms with Crippen molar-refractivity contribution in [2.24, 2.45) is 11.0 Å². The monoisotopic (exact) mass is 315 g/mol. The van der Waals surface area contributed by atoms with Gasteiger partial charge in [-0.15, -0.1) is 0 Å². The maximum absolute atomic E-state index is 12.1. The van der Waals surface area contributed by atoms with Crippen molar-refractivity contribution in [2.75, 3.05) is 44.3 Å². The molecule has 23 heavy (non-hydrogen) atoms. The van der Waals surface area contributed by atoms with Crippen molar-refractivity contribution < 1.29 is 9.53 Å². The van der Waals surface area contributed by atoms with Gasteiger partial charge < -0.3 is 9.64 Å². The van der Waals surface area contributed by atoms with E-state index < -0.39 is 0 Å². The summed E-state index contributed by atoms with van der Waals surface area (Å²) in [6.45, 7) is 5.45. The van der Waals surface area contributed by atoms with Crippen LogP contribution in [0.2, 0.25) is 0 Å². The molecule has 2 fully saturated rings. The van der Waals surface area contributed by atoms with E-state index in [1.807, 2.05) is 12.1 Å². The molecule has 2 saturated heterocycles. The summed E-state index contributed by atoms with van der Waals surface area (Å²) in [6, 6.07) is 8.17. The number of benzene rings is 1. The average molecular weight is 315 g/mol. The van der Waals surface area contributed by atoms with Crippen molar-refractivity contribution >= 4 is 11.6 Å². The smallest absolute Gasteiger partial charge is 0.227 e. The number of morpholine rings is 1. The van der Waals surface area contributed by atoms with Crippen LogP contribution in [-0.4, -0.2) is 50.2 Å². The summed E-state index contributed by atoms with van der Waals surface area (Å²) in [5.74, 6) is 0.218. The number of rotatable bonds is 5. The minimum Gasteiger partial charge on any atom is -0.379 e. The Morgan fingerprint density at radius 1 is 1.26 bits per heavy atom. The normalized spacial score (nSPS) is 22.2. The van der Waals surface area contributed by atoms with Gasteiger partial charge in [0.1, 0.15) is 0 Å². The van der Waals surface area contributed by atoms with Crippen LogP contribution in [0.4, 0.5) is 5.69 Å². The Kier molecular flexibility index (Phi) is 5.12. The van der Waals surface area contributed by atoms with Crippen LogP contribution in [0.3, 0.4) is 0 Å². The van der Waals surface area contributed by atoms with E-state index in [-0.39, 0.29) is 11.8 Å². The zero-order valence-corrected chi connectivity index (χ0v) is 13.1. The van der Waals surface area contributed by atoms with Gasteiger partial charge in [0.25, 0.3) is 0 Å². The molecule has 1 atom stereocenters. The number of hydrogen-bond donors (Lipinski definition) is 0. The molecule has 122 valence electrons. The molecule has 0 spiro atoms. The lowest BCUT2D eigenvalue weighted by molar-refractivity contribution is -0.117. The molecule has 2 aliphatic rings. The number of amides is 1. The van der Waals surface area contributed by atoms with E-state index in [0.29, 0.717) is 19.5 Å². The van der Waals surface area contributed by atoms with Gasteiger partial charge in [0.2, 0.25) is 5.91 Å². The third kappa shape index (κ3) is 4.01. The number of anilines is 1. The predicted molar refractivity (Wildman–Crippen MR) is 87.0 cm³/mol. The number of azide groups is 1. The largest absolute Gasteiger partial charge is 0.379 e. The van der Waals surface area contributed by atoms with Gasteiger partial charge in [0, 0.05) is 49.7 Å². The minimum atomic E-state index is 0.101. The molecule has 7 nitrogen and oxygen atoms in total. The second kappa shape index (κ2) is 7.46. The molecule has 1 aromatic rings. The maximum Gasteiger partial charge on any atom is 0.227 e. The molecule has 2 aliphatic heterocycles. The number of carbonyl (C=O) groups excluding carboxylic acids is 1. The molecule has 1 amide bonds. The van der Waals surface area contributed by atoms with Crippen LogP contribution in [0.25, 0.3) is 10.4 Å². The van der Waals surface area contributed by atoms with E-state index in [4.69, 9.17) is 10.3 Å². The van der Waals surface area contributed by atoms with Crippen LogP contribution in [0.1, 0.15) is 12.0 Å². The summed E-state index contributed by atoms with van der Waals surface area (Å²) in [6.07, 6.45) is 0.453. The Labute approximate surface area is 135 Å². The average Bonchev–Trinajstić information content (AvgIpc) is 2.95. The highest BCUT2D eigenvalue weighted by Crippen LogP contribution is 2.26. The Balaban J connectivity index is 1.60. The summed E-state index contributed by atoms with van der Waals surface area (Å²) in [5.41, 5.74) is 10.6. The number of hydrogen-bond acceptors (Lipinski definition) is 4. The van der Waals surface area contributed by atoms with Crippen LogP contribution in [-0.2, 0) is 16.1 Å². The second-order valence-electron chi connectivity index (χ2n) is 6.04. The fraction of sp³-hybridized carbons (Fsp3) is 0.562. The van der Waals surface area contributed by atoms with Crippen molar-refractivity contribution in [1.29, 1.82) is 0 Å². The lowest BCUT2D eigenvalue weighted by Crippen LogP contribution is -2.35. The first kappa shape index (κ1) is 15.8. The summed E-state index contributed by atoms with van der Waals surface area (Å²) in [4.78, 5) is 19.0. The summed E-state index contributed by atoms with van der Waals surface area (Å²) in [5, 5.41) is 3.58. The van der Waals surface area contributed by atoms with Crippen LogP contribution < -0.4 is 4.90 Å². The fourth-order valence-corrected chi connectivity index (χ4v) is 3.10. The van der Waals surface area contributed by atoms with E-state index in [2.05, 4.69) is 27.1 Å². The van der Waals surface area contributed by atoms with Gasteiger partial charge in [0.15, 0.2) is 0 Å². The Morgan fingerprint density at radius 2 is 2.00 bits per heavy atom. The van der Waals surface area contributed by atoms with Crippen LogP contribution in [0.15, 0.2) is 29.4 Å². The van der Waals surface area contributed by atoms with Gasteiger partial charge >= 0.3 is 0 Å². The van der Waals surface area contributed by atoms with Crippen molar-refractivity contribution in [2.45, 2.75) is 13.0 Å². The standard InChI is InChI=1S/C16H21N5O2/c17-19-18-10-14-9-16(22)21(12-14)15-3-1-13(2-4-15)11-20-5-7-23-8-6-20/h1-4,14H,5-12H2. The minimum absolute atomic E-state index is 0.101. The van der Waals surface area contributed by atoms with Gasteiger partial charge in [-0.05, 0) is 29.1 Å². The molecule has 1 unspecified atom stereocenters. The molecule has 0 aromatic heterocycles. The van der Waals surface area contributed by atoms with Crippen molar-refractivity contribution in [3.63, 3.8) is 0 Å². The van der Waals surface area contributed by atoms with Gasteiger partial charge in [-0.1, -0.05) is 17.2 Å². The third-order valence-electron chi connectivity index (χ3n) is 4.37. The van der Waals surface area contributed by atoms with E-state index >= 15 is 0 Å². The summed E-state index contributed by atoms with van der Waals surface area (Å²) in [7, 11) is 0. The van der Waals surface area contributed by atoms with Crippen LogP contribution >= 0.6 is 0 Å². The van der Waals surface area contributed by atoms with Gasteiger partial charge in [-0.25, -0.2) is 0 Å². The SMILES string of the molecule is [N-]=[N+]=NCC1CC(=O)N(c2ccc(CN3CCOCC3)cc2)C1. The highest BCUT2D eigenvalue weighted by atomic mass is 16.5. The Bertz CT molecular complexity index is 591. The van der Waals surface area contributed by atoms with E-state index in [0.717, 1.165) is 38.5 Å². The lowest BCUT2D eigenvalue weighted by Gasteiger charge is -2.26. The first-order valence-corrected chi connectivity index (χ1v) is 7.96. The molecule has 0 bridgehead atoms. The second-order valence-corrected chi connectivity index (χ2v) is 6.04. The molecule has 7 heteroatoms. The zero-order valence-electron chi connectivity index (χ0n) is 13.1. The van der Waals surface area contributed by atoms with Crippen molar-refractivity contribution in [3.8, 4) is 0 Å². The lowest BCUT2D eigenvalue weighted by atomic mass is 10.1. The van der Waals surface area contributed by atoms with E-state index in [9.17, 15) is 4.79 Å². The number of carbonyl (C=O) groups is 1. The summed E-state index contributed by atoms with van der Waals surface area (Å²) >= 11 is 0. The number of ether oxygens (including phenoxy) is 1. The third-order valence-corrected chi connectivity index (χ3v) is 4.37. The highest BCUT2D eigenvalue weighted by Gasteiger charge is 2.29.